The number of ketones is 1. The zero-order chi connectivity index (χ0) is 19.9. The Bertz CT molecular complexity index is 870. The molecule has 148 valence electrons. The summed E-state index contributed by atoms with van der Waals surface area (Å²) >= 11 is 0. The molecule has 1 heterocycles. The van der Waals surface area contributed by atoms with Gasteiger partial charge in [0.1, 0.15) is 5.75 Å². The van der Waals surface area contributed by atoms with E-state index >= 15 is 0 Å². The number of phenolic OH excluding ortho intramolecular Hbond substituents is 1. The summed E-state index contributed by atoms with van der Waals surface area (Å²) in [6, 6.07) is 10.3. The molecule has 0 radical (unpaired) electrons. The van der Waals surface area contributed by atoms with E-state index in [2.05, 4.69) is 4.90 Å². The van der Waals surface area contributed by atoms with Crippen molar-refractivity contribution in [2.45, 2.75) is 24.9 Å². The maximum absolute atomic E-state index is 14.0. The quantitative estimate of drug-likeness (QED) is 0.774. The van der Waals surface area contributed by atoms with Crippen LogP contribution in [0.15, 0.2) is 42.5 Å². The lowest BCUT2D eigenvalue weighted by Crippen LogP contribution is -2.34. The van der Waals surface area contributed by atoms with Crippen LogP contribution in [0.3, 0.4) is 0 Å². The zero-order valence-electron chi connectivity index (χ0n) is 15.4. The molecule has 1 aliphatic carbocycles. The third kappa shape index (κ3) is 3.80. The summed E-state index contributed by atoms with van der Waals surface area (Å²) in [5.41, 5.74) is -0.258. The molecular weight excluding hydrogens is 364 g/mol. The average molecular weight is 387 g/mol. The zero-order valence-corrected chi connectivity index (χ0v) is 15.4. The highest BCUT2D eigenvalue weighted by atomic mass is 19.2. The van der Waals surface area contributed by atoms with Crippen molar-refractivity contribution in [2.75, 3.05) is 19.6 Å². The lowest BCUT2D eigenvalue weighted by Gasteiger charge is -2.26. The first-order valence-corrected chi connectivity index (χ1v) is 9.53. The maximum atomic E-state index is 14.0. The molecule has 1 aliphatic heterocycles. The number of rotatable bonds is 5. The van der Waals surface area contributed by atoms with E-state index < -0.39 is 17.2 Å². The summed E-state index contributed by atoms with van der Waals surface area (Å²) < 4.78 is 27.4. The van der Waals surface area contributed by atoms with Crippen LogP contribution in [0.25, 0.3) is 0 Å². The number of benzene rings is 2. The number of hydrogen-bond donors (Lipinski definition) is 2. The van der Waals surface area contributed by atoms with Gasteiger partial charge in [-0.1, -0.05) is 12.1 Å². The fourth-order valence-electron chi connectivity index (χ4n) is 4.81. The van der Waals surface area contributed by atoms with Gasteiger partial charge in [0.15, 0.2) is 17.4 Å². The number of likely N-dealkylation sites (tertiary alicyclic amines) is 1. The summed E-state index contributed by atoms with van der Waals surface area (Å²) in [6.45, 7) is 1.72. The van der Waals surface area contributed by atoms with Crippen LogP contribution >= 0.6 is 0 Å². The highest BCUT2D eigenvalue weighted by Crippen LogP contribution is 2.45. The summed E-state index contributed by atoms with van der Waals surface area (Å²) in [6.07, 6.45) is 1.16. The number of hydrogen-bond acceptors (Lipinski definition) is 4. The molecule has 1 saturated heterocycles. The Labute approximate surface area is 162 Å². The topological polar surface area (TPSA) is 60.8 Å². The molecule has 0 amide bonds. The number of halogens is 2. The molecule has 3 atom stereocenters. The van der Waals surface area contributed by atoms with E-state index in [1.165, 1.54) is 24.3 Å². The predicted octanol–water partition coefficient (Wildman–Crippen LogP) is 3.17. The van der Waals surface area contributed by atoms with Gasteiger partial charge >= 0.3 is 0 Å². The number of carbonyl (C=O) groups excluding carboxylic acids is 1. The van der Waals surface area contributed by atoms with Gasteiger partial charge in [0.25, 0.3) is 0 Å². The second-order valence-corrected chi connectivity index (χ2v) is 8.21. The lowest BCUT2D eigenvalue weighted by atomic mass is 9.91. The normalized spacial score (nSPS) is 27.1. The lowest BCUT2D eigenvalue weighted by molar-refractivity contribution is 0.0346. The Morgan fingerprint density at radius 1 is 1.07 bits per heavy atom. The first kappa shape index (κ1) is 19.0. The van der Waals surface area contributed by atoms with Gasteiger partial charge in [0.05, 0.1) is 12.1 Å². The van der Waals surface area contributed by atoms with Gasteiger partial charge in [0.2, 0.25) is 0 Å². The molecular formula is C22H23F2NO3. The molecule has 28 heavy (non-hydrogen) atoms. The second kappa shape index (κ2) is 7.26. The van der Waals surface area contributed by atoms with Gasteiger partial charge in [-0.05, 0) is 60.6 Å². The Hall–Kier alpha value is -2.31. The predicted molar refractivity (Wildman–Crippen MR) is 100 cm³/mol. The van der Waals surface area contributed by atoms with Crippen molar-refractivity contribution in [3.8, 4) is 5.75 Å². The van der Waals surface area contributed by atoms with Crippen molar-refractivity contribution in [3.63, 3.8) is 0 Å². The molecule has 1 saturated carbocycles. The Morgan fingerprint density at radius 3 is 2.36 bits per heavy atom. The van der Waals surface area contributed by atoms with Crippen molar-refractivity contribution >= 4 is 5.78 Å². The molecule has 2 N–H and O–H groups in total. The maximum Gasteiger partial charge on any atom is 0.176 e. The second-order valence-electron chi connectivity index (χ2n) is 8.21. The molecule has 0 aromatic heterocycles. The van der Waals surface area contributed by atoms with E-state index in [-0.39, 0.29) is 35.4 Å². The van der Waals surface area contributed by atoms with Gasteiger partial charge in [-0.2, -0.15) is 0 Å². The Morgan fingerprint density at radius 2 is 1.71 bits per heavy atom. The molecule has 4 rings (SSSR count). The Kier molecular flexibility index (Phi) is 4.93. The number of aromatic hydroxyl groups is 1. The van der Waals surface area contributed by atoms with Gasteiger partial charge in [-0.25, -0.2) is 8.78 Å². The van der Waals surface area contributed by atoms with Crippen LogP contribution < -0.4 is 0 Å². The number of carbonyl (C=O) groups is 1. The van der Waals surface area contributed by atoms with Crippen molar-refractivity contribution in [3.05, 3.63) is 65.2 Å². The smallest absolute Gasteiger partial charge is 0.176 e. The summed E-state index contributed by atoms with van der Waals surface area (Å²) in [4.78, 5) is 14.5. The summed E-state index contributed by atoms with van der Waals surface area (Å²) in [7, 11) is 0. The molecule has 0 spiro atoms. The van der Waals surface area contributed by atoms with Crippen LogP contribution in [-0.4, -0.2) is 46.1 Å². The monoisotopic (exact) mass is 387 g/mol. The molecule has 2 aromatic carbocycles. The number of aliphatic hydroxyl groups is 1. The highest BCUT2D eigenvalue weighted by molar-refractivity contribution is 5.97. The summed E-state index contributed by atoms with van der Waals surface area (Å²) in [5.74, 6) is -1.16. The third-order valence-corrected chi connectivity index (χ3v) is 6.04. The highest BCUT2D eigenvalue weighted by Gasteiger charge is 2.48. The molecule has 0 bridgehead atoms. The SMILES string of the molecule is O=C(CN1C[C@@H]2C[C@](O)(Cc3cccc(F)c3F)C[C@@H]2C1)c1ccc(O)cc1. The molecule has 4 nitrogen and oxygen atoms in total. The standard InChI is InChI=1S/C22H23F2NO3/c23-19-3-1-2-15(21(19)24)8-22(28)9-16-11-25(12-17(16)10-22)13-20(27)14-4-6-18(26)7-5-14/h1-7,16-17,26,28H,8-13H2/t16-,17+,22+. The molecule has 2 aliphatic rings. The van der Waals surface area contributed by atoms with Gasteiger partial charge in [-0.3, -0.25) is 9.69 Å². The molecule has 2 aromatic rings. The molecule has 0 unspecified atom stereocenters. The first-order valence-electron chi connectivity index (χ1n) is 9.53. The minimum atomic E-state index is -1.03. The van der Waals surface area contributed by atoms with Crippen molar-refractivity contribution in [1.82, 2.24) is 4.90 Å². The number of nitrogens with zero attached hydrogens (tertiary/aromatic N) is 1. The van der Waals surface area contributed by atoms with Crippen LogP contribution in [0.4, 0.5) is 8.78 Å². The van der Waals surface area contributed by atoms with Crippen molar-refractivity contribution in [2.24, 2.45) is 11.8 Å². The summed E-state index contributed by atoms with van der Waals surface area (Å²) in [5, 5.41) is 20.3. The van der Waals surface area contributed by atoms with E-state index in [1.54, 1.807) is 12.1 Å². The van der Waals surface area contributed by atoms with E-state index in [0.29, 0.717) is 38.0 Å². The van der Waals surface area contributed by atoms with Crippen LogP contribution in [-0.2, 0) is 6.42 Å². The van der Waals surface area contributed by atoms with Gasteiger partial charge in [0, 0.05) is 25.1 Å². The van der Waals surface area contributed by atoms with Crippen LogP contribution in [0.5, 0.6) is 5.75 Å². The number of fused-ring (bicyclic) bond motifs is 1. The number of Topliss-reactive ketones (excluding diaryl/α,β-unsaturated/α-hetero) is 1. The van der Waals surface area contributed by atoms with E-state index in [9.17, 15) is 23.8 Å². The van der Waals surface area contributed by atoms with Crippen LogP contribution in [0, 0.1) is 23.5 Å². The fourth-order valence-corrected chi connectivity index (χ4v) is 4.81. The van der Waals surface area contributed by atoms with E-state index in [1.807, 2.05) is 0 Å². The van der Waals surface area contributed by atoms with Crippen LogP contribution in [0.1, 0.15) is 28.8 Å². The minimum Gasteiger partial charge on any atom is -0.508 e. The van der Waals surface area contributed by atoms with Crippen molar-refractivity contribution in [1.29, 1.82) is 0 Å². The number of phenols is 1. The van der Waals surface area contributed by atoms with E-state index in [0.717, 1.165) is 6.07 Å². The largest absolute Gasteiger partial charge is 0.508 e. The van der Waals surface area contributed by atoms with E-state index in [4.69, 9.17) is 0 Å². The van der Waals surface area contributed by atoms with Crippen molar-refractivity contribution < 1.29 is 23.8 Å². The Balaban J connectivity index is 1.35. The van der Waals surface area contributed by atoms with Crippen LogP contribution in [0.2, 0.25) is 0 Å². The average Bonchev–Trinajstić information content (AvgIpc) is 3.13. The first-order chi connectivity index (χ1) is 13.3. The molecule has 2 fully saturated rings. The third-order valence-electron chi connectivity index (χ3n) is 6.04. The molecule has 6 heteroatoms. The minimum absolute atomic E-state index is 0.00272. The van der Waals surface area contributed by atoms with Gasteiger partial charge in [-0.15, -0.1) is 0 Å². The fraction of sp³-hybridized carbons (Fsp3) is 0.409. The van der Waals surface area contributed by atoms with Gasteiger partial charge < -0.3 is 10.2 Å².